The molecule has 2 saturated heterocycles. The number of hydrogen-bond acceptors (Lipinski definition) is 4. The molecule has 4 fully saturated rings. The maximum Gasteiger partial charge on any atom is 0.573 e. The van der Waals surface area contributed by atoms with E-state index in [-0.39, 0.29) is 35.5 Å². The Bertz CT molecular complexity index is 876. The van der Waals surface area contributed by atoms with Gasteiger partial charge in [-0.1, -0.05) is 12.1 Å². The number of carbonyl (C=O) groups excluding carboxylic acids is 2. The molecule has 6 nitrogen and oxygen atoms in total. The monoisotopic (exact) mass is 410 g/mol. The van der Waals surface area contributed by atoms with Crippen LogP contribution in [0.5, 0.6) is 5.75 Å². The average molecular weight is 410 g/mol. The number of cyclic esters (lactones) is 1. The van der Waals surface area contributed by atoms with Crippen molar-refractivity contribution in [3.63, 3.8) is 0 Å². The molecule has 4 aliphatic rings. The minimum Gasteiger partial charge on any atom is -0.447 e. The first-order chi connectivity index (χ1) is 13.7. The van der Waals surface area contributed by atoms with E-state index in [2.05, 4.69) is 10.1 Å². The molecule has 2 heterocycles. The van der Waals surface area contributed by atoms with Crippen molar-refractivity contribution >= 4 is 12.0 Å². The maximum absolute atomic E-state index is 13.0. The van der Waals surface area contributed by atoms with E-state index in [9.17, 15) is 22.8 Å². The third kappa shape index (κ3) is 3.02. The minimum atomic E-state index is -4.72. The Kier molecular flexibility index (Phi) is 3.86. The molecule has 1 N–H and O–H groups in total. The van der Waals surface area contributed by atoms with E-state index in [1.807, 2.05) is 11.0 Å². The van der Waals surface area contributed by atoms with Crippen molar-refractivity contribution < 1.29 is 32.2 Å². The molecule has 9 heteroatoms. The van der Waals surface area contributed by atoms with Crippen molar-refractivity contribution in [2.45, 2.75) is 43.0 Å². The van der Waals surface area contributed by atoms with Gasteiger partial charge in [0.25, 0.3) is 0 Å². The first-order valence-corrected chi connectivity index (χ1v) is 9.81. The second-order valence-electron chi connectivity index (χ2n) is 8.62. The van der Waals surface area contributed by atoms with Gasteiger partial charge in [0.1, 0.15) is 12.4 Å². The van der Waals surface area contributed by atoms with Gasteiger partial charge in [-0.05, 0) is 49.3 Å². The maximum atomic E-state index is 13.0. The SMILES string of the molecule is O=C1NC2(CCC2C(=O)N2CCC3(c4cccc(OC(F)(F)F)c4)CC3C2)CO1. The van der Waals surface area contributed by atoms with E-state index in [1.54, 1.807) is 6.07 Å². The third-order valence-corrected chi connectivity index (χ3v) is 7.11. The number of nitrogens with one attached hydrogen (secondary N) is 1. The summed E-state index contributed by atoms with van der Waals surface area (Å²) in [4.78, 5) is 26.3. The smallest absolute Gasteiger partial charge is 0.447 e. The van der Waals surface area contributed by atoms with Crippen LogP contribution >= 0.6 is 0 Å². The number of hydrogen-bond donors (Lipinski definition) is 1. The molecule has 2 saturated carbocycles. The summed E-state index contributed by atoms with van der Waals surface area (Å²) < 4.78 is 46.6. The summed E-state index contributed by atoms with van der Waals surface area (Å²) in [6.45, 7) is 1.38. The number of nitrogens with zero attached hydrogens (tertiary/aromatic N) is 1. The number of rotatable bonds is 3. The number of piperidine rings is 1. The Morgan fingerprint density at radius 1 is 1.31 bits per heavy atom. The van der Waals surface area contributed by atoms with Crippen LogP contribution in [0.1, 0.15) is 31.2 Å². The number of ether oxygens (including phenoxy) is 2. The summed E-state index contributed by atoms with van der Waals surface area (Å²) in [6.07, 6.45) is -2.16. The van der Waals surface area contributed by atoms with E-state index >= 15 is 0 Å². The summed E-state index contributed by atoms with van der Waals surface area (Å²) in [5, 5.41) is 2.80. The average Bonchev–Trinajstić information content (AvgIpc) is 3.25. The van der Waals surface area contributed by atoms with E-state index in [0.29, 0.717) is 19.5 Å². The zero-order valence-corrected chi connectivity index (χ0v) is 15.6. The standard InChI is InChI=1S/C20H21F3N2O4/c21-20(22,23)29-14-3-1-2-12(8-14)18-6-7-25(10-13(18)9-18)16(26)15-4-5-19(15)11-28-17(27)24-19/h1-3,8,13,15H,4-7,9-11H2,(H,24,27). The summed E-state index contributed by atoms with van der Waals surface area (Å²) in [5.74, 6) is -0.200. The number of alkyl halides is 3. The highest BCUT2D eigenvalue weighted by atomic mass is 19.4. The van der Waals surface area contributed by atoms with E-state index < -0.39 is 18.0 Å². The largest absolute Gasteiger partial charge is 0.573 e. The molecule has 1 spiro atoms. The van der Waals surface area contributed by atoms with Crippen LogP contribution in [0.4, 0.5) is 18.0 Å². The molecule has 2 aliphatic carbocycles. The van der Waals surface area contributed by atoms with E-state index in [4.69, 9.17) is 4.74 Å². The van der Waals surface area contributed by atoms with Gasteiger partial charge in [0.2, 0.25) is 5.91 Å². The molecule has 29 heavy (non-hydrogen) atoms. The lowest BCUT2D eigenvalue weighted by molar-refractivity contribution is -0.274. The Hall–Kier alpha value is -2.45. The predicted molar refractivity (Wildman–Crippen MR) is 94.0 cm³/mol. The Morgan fingerprint density at radius 2 is 2.14 bits per heavy atom. The zero-order chi connectivity index (χ0) is 20.4. The molecule has 4 unspecified atom stereocenters. The summed E-state index contributed by atoms with van der Waals surface area (Å²) in [5.41, 5.74) is 0.104. The van der Waals surface area contributed by atoms with Crippen molar-refractivity contribution in [2.75, 3.05) is 19.7 Å². The number of likely N-dealkylation sites (tertiary alicyclic amines) is 1. The summed E-state index contributed by atoms with van der Waals surface area (Å²) in [6, 6.07) is 6.20. The van der Waals surface area contributed by atoms with Crippen LogP contribution in [-0.4, -0.2) is 48.5 Å². The molecule has 2 amide bonds. The first-order valence-electron chi connectivity index (χ1n) is 9.81. The molecule has 0 bridgehead atoms. The quantitative estimate of drug-likeness (QED) is 0.832. The second kappa shape index (κ2) is 6.03. The molecular formula is C20H21F3N2O4. The number of carbonyl (C=O) groups is 2. The molecule has 5 rings (SSSR count). The lowest BCUT2D eigenvalue weighted by atomic mass is 9.66. The number of amides is 2. The number of alkyl carbamates (subject to hydrolysis) is 1. The fraction of sp³-hybridized carbons (Fsp3) is 0.600. The van der Waals surface area contributed by atoms with Gasteiger partial charge in [0.05, 0.1) is 11.5 Å². The Morgan fingerprint density at radius 3 is 2.76 bits per heavy atom. The fourth-order valence-electron chi connectivity index (χ4n) is 5.33. The van der Waals surface area contributed by atoms with Gasteiger partial charge in [-0.3, -0.25) is 4.79 Å². The fourth-order valence-corrected chi connectivity index (χ4v) is 5.33. The van der Waals surface area contributed by atoms with Gasteiger partial charge in [-0.2, -0.15) is 0 Å². The van der Waals surface area contributed by atoms with Gasteiger partial charge in [0.15, 0.2) is 0 Å². The van der Waals surface area contributed by atoms with Crippen LogP contribution in [-0.2, 0) is 14.9 Å². The highest BCUT2D eigenvalue weighted by Gasteiger charge is 2.61. The van der Waals surface area contributed by atoms with Crippen LogP contribution in [0, 0.1) is 11.8 Å². The van der Waals surface area contributed by atoms with Gasteiger partial charge < -0.3 is 19.7 Å². The normalized spacial score (nSPS) is 35.4. The van der Waals surface area contributed by atoms with Crippen LogP contribution in [0.15, 0.2) is 24.3 Å². The minimum absolute atomic E-state index is 0.0386. The van der Waals surface area contributed by atoms with Crippen LogP contribution in [0.25, 0.3) is 0 Å². The van der Waals surface area contributed by atoms with E-state index in [0.717, 1.165) is 24.8 Å². The van der Waals surface area contributed by atoms with Crippen molar-refractivity contribution in [1.29, 1.82) is 0 Å². The predicted octanol–water partition coefficient (Wildman–Crippen LogP) is 2.96. The first kappa shape index (κ1) is 18.6. The van der Waals surface area contributed by atoms with E-state index in [1.165, 1.54) is 12.1 Å². The van der Waals surface area contributed by atoms with Gasteiger partial charge in [0, 0.05) is 18.5 Å². The highest BCUT2D eigenvalue weighted by molar-refractivity contribution is 5.84. The topological polar surface area (TPSA) is 67.9 Å². The van der Waals surface area contributed by atoms with Crippen LogP contribution < -0.4 is 10.1 Å². The summed E-state index contributed by atoms with van der Waals surface area (Å²) in [7, 11) is 0. The van der Waals surface area contributed by atoms with Crippen molar-refractivity contribution in [3.8, 4) is 5.75 Å². The van der Waals surface area contributed by atoms with Gasteiger partial charge in [-0.25, -0.2) is 4.79 Å². The van der Waals surface area contributed by atoms with Crippen LogP contribution in [0.2, 0.25) is 0 Å². The van der Waals surface area contributed by atoms with Crippen LogP contribution in [0.3, 0.4) is 0 Å². The molecule has 1 aromatic rings. The number of benzene rings is 1. The highest BCUT2D eigenvalue weighted by Crippen LogP contribution is 2.60. The van der Waals surface area contributed by atoms with Gasteiger partial charge in [-0.15, -0.1) is 13.2 Å². The lowest BCUT2D eigenvalue weighted by Gasteiger charge is -2.46. The molecule has 156 valence electrons. The lowest BCUT2D eigenvalue weighted by Crippen LogP contribution is -2.63. The Labute approximate surface area is 165 Å². The van der Waals surface area contributed by atoms with Crippen molar-refractivity contribution in [1.82, 2.24) is 10.2 Å². The molecule has 4 atom stereocenters. The molecule has 0 radical (unpaired) electrons. The molecule has 2 aliphatic heterocycles. The zero-order valence-electron chi connectivity index (χ0n) is 15.6. The number of fused-ring (bicyclic) bond motifs is 1. The molecular weight excluding hydrogens is 389 g/mol. The number of halogens is 3. The second-order valence-corrected chi connectivity index (χ2v) is 8.62. The van der Waals surface area contributed by atoms with Crippen molar-refractivity contribution in [3.05, 3.63) is 29.8 Å². The third-order valence-electron chi connectivity index (χ3n) is 7.11. The van der Waals surface area contributed by atoms with Gasteiger partial charge >= 0.3 is 12.5 Å². The summed E-state index contributed by atoms with van der Waals surface area (Å²) >= 11 is 0. The molecule has 0 aromatic heterocycles. The van der Waals surface area contributed by atoms with Crippen molar-refractivity contribution in [2.24, 2.45) is 11.8 Å². The Balaban J connectivity index is 1.26. The molecule has 1 aromatic carbocycles.